The van der Waals surface area contributed by atoms with Gasteiger partial charge in [0.15, 0.2) is 0 Å². The number of hydrogen-bond acceptors (Lipinski definition) is 3. The first-order chi connectivity index (χ1) is 6.83. The van der Waals surface area contributed by atoms with Crippen molar-refractivity contribution in [2.24, 2.45) is 5.92 Å². The molecule has 0 aromatic heterocycles. The summed E-state index contributed by atoms with van der Waals surface area (Å²) in [7, 11) is 3.97. The zero-order valence-corrected chi connectivity index (χ0v) is 9.59. The summed E-state index contributed by atoms with van der Waals surface area (Å²) in [5.74, 6) is 1.02. The molecule has 3 nitrogen and oxygen atoms in total. The Bertz CT molecular complexity index is 137. The predicted molar refractivity (Wildman–Crippen MR) is 59.6 cm³/mol. The molecule has 0 aromatic rings. The van der Waals surface area contributed by atoms with Gasteiger partial charge in [-0.05, 0) is 45.3 Å². The van der Waals surface area contributed by atoms with E-state index in [0.29, 0.717) is 0 Å². The first-order valence-electron chi connectivity index (χ1n) is 5.71. The van der Waals surface area contributed by atoms with Crippen LogP contribution in [0.3, 0.4) is 0 Å². The topological polar surface area (TPSA) is 24.5 Å². The van der Waals surface area contributed by atoms with Crippen LogP contribution in [-0.4, -0.2) is 51.8 Å². The highest BCUT2D eigenvalue weighted by molar-refractivity contribution is 4.75. The summed E-state index contributed by atoms with van der Waals surface area (Å²) < 4.78 is 4.96. The quantitative estimate of drug-likeness (QED) is 0.561. The lowest BCUT2D eigenvalue weighted by Crippen LogP contribution is -2.27. The van der Waals surface area contributed by atoms with E-state index in [0.717, 1.165) is 25.6 Å². The largest absolute Gasteiger partial charge is 0.383 e. The van der Waals surface area contributed by atoms with Crippen LogP contribution >= 0.6 is 0 Å². The zero-order chi connectivity index (χ0) is 10.2. The molecule has 0 bridgehead atoms. The van der Waals surface area contributed by atoms with Crippen molar-refractivity contribution in [1.29, 1.82) is 0 Å². The molecule has 0 spiro atoms. The lowest BCUT2D eigenvalue weighted by Gasteiger charge is -2.15. The lowest BCUT2D eigenvalue weighted by molar-refractivity contribution is 0.198. The van der Waals surface area contributed by atoms with Crippen LogP contribution in [0.4, 0.5) is 0 Å². The Balaban J connectivity index is 1.77. The SMILES string of the molecule is COCCNCCCN(C)CC1CC1. The van der Waals surface area contributed by atoms with Crippen LogP contribution < -0.4 is 5.32 Å². The fraction of sp³-hybridized carbons (Fsp3) is 1.00. The maximum Gasteiger partial charge on any atom is 0.0587 e. The first-order valence-corrected chi connectivity index (χ1v) is 5.71. The third-order valence-corrected chi connectivity index (χ3v) is 2.64. The summed E-state index contributed by atoms with van der Waals surface area (Å²) in [6.07, 6.45) is 4.15. The molecular weight excluding hydrogens is 176 g/mol. The average Bonchev–Trinajstić information content (AvgIpc) is 2.95. The molecule has 0 radical (unpaired) electrons. The molecule has 1 rings (SSSR count). The average molecular weight is 200 g/mol. The van der Waals surface area contributed by atoms with Gasteiger partial charge in [0.2, 0.25) is 0 Å². The summed E-state index contributed by atoms with van der Waals surface area (Å²) in [6.45, 7) is 5.42. The highest BCUT2D eigenvalue weighted by atomic mass is 16.5. The summed E-state index contributed by atoms with van der Waals surface area (Å²) >= 11 is 0. The molecule has 1 saturated carbocycles. The van der Waals surface area contributed by atoms with E-state index in [4.69, 9.17) is 4.74 Å². The Morgan fingerprint density at radius 1 is 1.36 bits per heavy atom. The number of methoxy groups -OCH3 is 1. The van der Waals surface area contributed by atoms with Gasteiger partial charge in [-0.1, -0.05) is 0 Å². The minimum Gasteiger partial charge on any atom is -0.383 e. The van der Waals surface area contributed by atoms with Crippen molar-refractivity contribution in [2.75, 3.05) is 46.9 Å². The molecule has 0 amide bonds. The highest BCUT2D eigenvalue weighted by Gasteiger charge is 2.22. The number of nitrogens with one attached hydrogen (secondary N) is 1. The van der Waals surface area contributed by atoms with E-state index < -0.39 is 0 Å². The van der Waals surface area contributed by atoms with Gasteiger partial charge < -0.3 is 15.0 Å². The minimum absolute atomic E-state index is 0.817. The monoisotopic (exact) mass is 200 g/mol. The number of ether oxygens (including phenoxy) is 1. The fourth-order valence-electron chi connectivity index (χ4n) is 1.61. The molecule has 14 heavy (non-hydrogen) atoms. The van der Waals surface area contributed by atoms with Crippen molar-refractivity contribution in [3.8, 4) is 0 Å². The van der Waals surface area contributed by atoms with Gasteiger partial charge in [0.05, 0.1) is 6.61 Å². The molecule has 1 aliphatic carbocycles. The molecule has 0 saturated heterocycles. The first kappa shape index (κ1) is 12.0. The molecule has 84 valence electrons. The Labute approximate surface area is 87.8 Å². The molecule has 0 aromatic carbocycles. The van der Waals surface area contributed by atoms with E-state index in [1.165, 1.54) is 32.4 Å². The summed E-state index contributed by atoms with van der Waals surface area (Å²) in [5.41, 5.74) is 0. The standard InChI is InChI=1S/C11H24N2O/c1-13(10-11-4-5-11)8-3-6-12-7-9-14-2/h11-12H,3-10H2,1-2H3. The van der Waals surface area contributed by atoms with Crippen LogP contribution in [0.1, 0.15) is 19.3 Å². The minimum atomic E-state index is 0.817. The van der Waals surface area contributed by atoms with Crippen LogP contribution in [-0.2, 0) is 4.74 Å². The van der Waals surface area contributed by atoms with Gasteiger partial charge in [0, 0.05) is 20.2 Å². The fourth-order valence-corrected chi connectivity index (χ4v) is 1.61. The molecule has 3 heteroatoms. The maximum atomic E-state index is 4.96. The third kappa shape index (κ3) is 6.35. The van der Waals surface area contributed by atoms with Crippen LogP contribution in [0.5, 0.6) is 0 Å². The van der Waals surface area contributed by atoms with Crippen molar-refractivity contribution in [1.82, 2.24) is 10.2 Å². The van der Waals surface area contributed by atoms with Crippen LogP contribution in [0.25, 0.3) is 0 Å². The Kier molecular flexibility index (Phi) is 6.15. The molecule has 0 aliphatic heterocycles. The molecule has 0 atom stereocenters. The Morgan fingerprint density at radius 2 is 2.14 bits per heavy atom. The summed E-state index contributed by atoms with van der Waals surface area (Å²) in [5, 5.41) is 3.36. The smallest absolute Gasteiger partial charge is 0.0587 e. The summed E-state index contributed by atoms with van der Waals surface area (Å²) in [6, 6.07) is 0. The number of rotatable bonds is 9. The molecule has 1 fully saturated rings. The second-order valence-corrected chi connectivity index (χ2v) is 4.30. The van der Waals surface area contributed by atoms with Gasteiger partial charge >= 0.3 is 0 Å². The van der Waals surface area contributed by atoms with E-state index >= 15 is 0 Å². The predicted octanol–water partition coefficient (Wildman–Crippen LogP) is 0.954. The number of nitrogens with zero attached hydrogens (tertiary/aromatic N) is 1. The van der Waals surface area contributed by atoms with Crippen LogP contribution in [0.2, 0.25) is 0 Å². The van der Waals surface area contributed by atoms with Crippen molar-refractivity contribution < 1.29 is 4.74 Å². The van der Waals surface area contributed by atoms with Gasteiger partial charge in [0.1, 0.15) is 0 Å². The second kappa shape index (κ2) is 7.21. The van der Waals surface area contributed by atoms with Crippen LogP contribution in [0, 0.1) is 5.92 Å². The van der Waals surface area contributed by atoms with Gasteiger partial charge in [-0.25, -0.2) is 0 Å². The zero-order valence-electron chi connectivity index (χ0n) is 9.59. The van der Waals surface area contributed by atoms with Crippen molar-refractivity contribution in [3.05, 3.63) is 0 Å². The third-order valence-electron chi connectivity index (χ3n) is 2.64. The van der Waals surface area contributed by atoms with E-state index in [1.54, 1.807) is 7.11 Å². The Morgan fingerprint density at radius 3 is 2.79 bits per heavy atom. The number of hydrogen-bond donors (Lipinski definition) is 1. The van der Waals surface area contributed by atoms with Crippen molar-refractivity contribution in [3.63, 3.8) is 0 Å². The van der Waals surface area contributed by atoms with E-state index in [1.807, 2.05) is 0 Å². The normalized spacial score (nSPS) is 16.5. The highest BCUT2D eigenvalue weighted by Crippen LogP contribution is 2.29. The van der Waals surface area contributed by atoms with Crippen LogP contribution in [0.15, 0.2) is 0 Å². The van der Waals surface area contributed by atoms with E-state index in [9.17, 15) is 0 Å². The molecule has 0 unspecified atom stereocenters. The van der Waals surface area contributed by atoms with Gasteiger partial charge in [0.25, 0.3) is 0 Å². The molecule has 1 N–H and O–H groups in total. The van der Waals surface area contributed by atoms with E-state index in [-0.39, 0.29) is 0 Å². The van der Waals surface area contributed by atoms with E-state index in [2.05, 4.69) is 17.3 Å². The van der Waals surface area contributed by atoms with Crippen molar-refractivity contribution in [2.45, 2.75) is 19.3 Å². The molecule has 0 heterocycles. The Hall–Kier alpha value is -0.120. The molecular formula is C11H24N2O. The molecule has 1 aliphatic rings. The second-order valence-electron chi connectivity index (χ2n) is 4.30. The van der Waals surface area contributed by atoms with Crippen molar-refractivity contribution >= 4 is 0 Å². The summed E-state index contributed by atoms with van der Waals surface area (Å²) in [4.78, 5) is 2.45. The lowest BCUT2D eigenvalue weighted by atomic mass is 10.3. The maximum absolute atomic E-state index is 4.96. The van der Waals surface area contributed by atoms with Gasteiger partial charge in [-0.15, -0.1) is 0 Å². The van der Waals surface area contributed by atoms with Gasteiger partial charge in [-0.3, -0.25) is 0 Å². The van der Waals surface area contributed by atoms with Gasteiger partial charge in [-0.2, -0.15) is 0 Å².